The van der Waals surface area contributed by atoms with E-state index in [0.29, 0.717) is 19.3 Å². The summed E-state index contributed by atoms with van der Waals surface area (Å²) in [7, 11) is 0. The average molecular weight is 1100 g/mol. The molecule has 454 valence electrons. The summed E-state index contributed by atoms with van der Waals surface area (Å²) < 4.78 is 16.9. The fourth-order valence-corrected chi connectivity index (χ4v) is 9.58. The Morgan fingerprint density at radius 2 is 0.494 bits per heavy atom. The zero-order chi connectivity index (χ0) is 57.1. The van der Waals surface area contributed by atoms with E-state index < -0.39 is 6.10 Å². The van der Waals surface area contributed by atoms with E-state index >= 15 is 0 Å². The largest absolute Gasteiger partial charge is 0.462 e. The predicted molar refractivity (Wildman–Crippen MR) is 344 cm³/mol. The Bertz CT molecular complexity index is 1540. The molecule has 0 aliphatic heterocycles. The van der Waals surface area contributed by atoms with Crippen molar-refractivity contribution in [2.45, 2.75) is 335 Å². The first-order valence-corrected chi connectivity index (χ1v) is 33.7. The Balaban J connectivity index is 4.38. The lowest BCUT2D eigenvalue weighted by Crippen LogP contribution is -2.30. The molecular formula is C73H126O6. The van der Waals surface area contributed by atoms with Crippen LogP contribution in [-0.2, 0) is 28.6 Å². The maximum absolute atomic E-state index is 12.9. The van der Waals surface area contributed by atoms with Gasteiger partial charge >= 0.3 is 17.9 Å². The molecule has 0 aliphatic rings. The first-order valence-electron chi connectivity index (χ1n) is 33.7. The summed E-state index contributed by atoms with van der Waals surface area (Å²) in [5.41, 5.74) is 0. The highest BCUT2D eigenvalue weighted by atomic mass is 16.6. The van der Waals surface area contributed by atoms with Gasteiger partial charge in [-0.2, -0.15) is 0 Å². The molecular weight excluding hydrogens is 973 g/mol. The molecule has 0 aliphatic carbocycles. The van der Waals surface area contributed by atoms with Gasteiger partial charge in [-0.15, -0.1) is 0 Å². The second-order valence-electron chi connectivity index (χ2n) is 22.4. The van der Waals surface area contributed by atoms with Gasteiger partial charge in [0.05, 0.1) is 0 Å². The van der Waals surface area contributed by atoms with E-state index in [1.54, 1.807) is 0 Å². The van der Waals surface area contributed by atoms with Crippen molar-refractivity contribution in [2.24, 2.45) is 0 Å². The van der Waals surface area contributed by atoms with Gasteiger partial charge in [-0.3, -0.25) is 14.4 Å². The molecule has 0 aromatic rings. The van der Waals surface area contributed by atoms with Crippen molar-refractivity contribution in [2.75, 3.05) is 13.2 Å². The predicted octanol–water partition coefficient (Wildman–Crippen LogP) is 23.2. The van der Waals surface area contributed by atoms with Gasteiger partial charge in [0.1, 0.15) is 13.2 Å². The SMILES string of the molecule is CC/C=C\C/C=C\C/C=C\C/C=C\C/C=C\C/C=C\C/C=C\C/C=C\CCCCC(=O)OCC(COC(=O)CCCCCCCCCCCCCCC)OC(=O)CCCCCCCCCCCCCCCCCCCCCCC. The van der Waals surface area contributed by atoms with E-state index in [0.717, 1.165) is 109 Å². The molecule has 0 rings (SSSR count). The minimum atomic E-state index is -0.794. The first kappa shape index (κ1) is 75.3. The van der Waals surface area contributed by atoms with Crippen LogP contribution in [0.1, 0.15) is 329 Å². The summed E-state index contributed by atoms with van der Waals surface area (Å²) >= 11 is 0. The second kappa shape index (κ2) is 66.8. The lowest BCUT2D eigenvalue weighted by Gasteiger charge is -2.18. The fraction of sp³-hybridized carbons (Fsp3) is 0.740. The summed E-state index contributed by atoms with van der Waals surface area (Å²) in [6.07, 6.45) is 89.9. The number of hydrogen-bond donors (Lipinski definition) is 0. The summed E-state index contributed by atoms with van der Waals surface area (Å²) in [6, 6.07) is 0. The van der Waals surface area contributed by atoms with Crippen molar-refractivity contribution in [3.8, 4) is 0 Å². The standard InChI is InChI=1S/C73H126O6/c1-4-7-10-13-16-19-22-25-27-29-31-33-34-35-36-37-38-40-41-43-45-48-51-54-57-60-63-66-72(75)78-69-70(68-77-71(74)65-62-59-56-53-50-47-24-21-18-15-12-9-6-3)79-73(76)67-64-61-58-55-52-49-46-44-42-39-32-30-28-26-23-20-17-14-11-8-5-2/h7,10,16,19,25,27,31,33,35-36,38,40,43,45,51,54,70H,4-6,8-9,11-15,17-18,20-24,26,28-30,32,34,37,39,41-42,44,46-50,52-53,55-69H2,1-3H3/b10-7-,19-16-,27-25-,33-31-,36-35-,40-38-,45-43-,54-51-. The van der Waals surface area contributed by atoms with Crippen molar-refractivity contribution in [1.29, 1.82) is 0 Å². The van der Waals surface area contributed by atoms with Crippen LogP contribution in [0, 0.1) is 0 Å². The molecule has 1 unspecified atom stereocenters. The van der Waals surface area contributed by atoms with Crippen LogP contribution in [0.3, 0.4) is 0 Å². The van der Waals surface area contributed by atoms with E-state index in [4.69, 9.17) is 14.2 Å². The third kappa shape index (κ3) is 65.0. The van der Waals surface area contributed by atoms with Crippen LogP contribution in [0.15, 0.2) is 97.2 Å². The Hall–Kier alpha value is -3.67. The van der Waals surface area contributed by atoms with E-state index in [2.05, 4.69) is 118 Å². The number of allylic oxidation sites excluding steroid dienone is 16. The first-order chi connectivity index (χ1) is 39.0. The molecule has 0 saturated heterocycles. The van der Waals surface area contributed by atoms with Gasteiger partial charge in [-0.05, 0) is 83.5 Å². The molecule has 0 N–H and O–H groups in total. The zero-order valence-electron chi connectivity index (χ0n) is 52.1. The molecule has 6 heteroatoms. The number of rotatable bonds is 61. The van der Waals surface area contributed by atoms with Gasteiger partial charge in [-0.25, -0.2) is 0 Å². The molecule has 0 fully saturated rings. The number of unbranched alkanes of at least 4 members (excludes halogenated alkanes) is 34. The van der Waals surface area contributed by atoms with Crippen molar-refractivity contribution in [3.63, 3.8) is 0 Å². The molecule has 0 aromatic carbocycles. The molecule has 6 nitrogen and oxygen atoms in total. The van der Waals surface area contributed by atoms with Crippen LogP contribution in [-0.4, -0.2) is 37.2 Å². The van der Waals surface area contributed by atoms with Crippen LogP contribution < -0.4 is 0 Å². The van der Waals surface area contributed by atoms with Gasteiger partial charge in [0.2, 0.25) is 0 Å². The molecule has 0 heterocycles. The normalized spacial score (nSPS) is 12.7. The minimum Gasteiger partial charge on any atom is -0.462 e. The maximum Gasteiger partial charge on any atom is 0.306 e. The lowest BCUT2D eigenvalue weighted by molar-refractivity contribution is -0.167. The van der Waals surface area contributed by atoms with Gasteiger partial charge in [0.15, 0.2) is 6.10 Å². The highest BCUT2D eigenvalue weighted by Gasteiger charge is 2.19. The Kier molecular flexibility index (Phi) is 63.7. The summed E-state index contributed by atoms with van der Waals surface area (Å²) in [5.74, 6) is -0.917. The maximum atomic E-state index is 12.9. The summed E-state index contributed by atoms with van der Waals surface area (Å²) in [4.78, 5) is 38.3. The molecule has 1 atom stereocenters. The average Bonchev–Trinajstić information content (AvgIpc) is 3.45. The Labute approximate surface area is 489 Å². The van der Waals surface area contributed by atoms with Gasteiger partial charge in [-0.1, -0.05) is 323 Å². The molecule has 0 amide bonds. The number of ether oxygens (including phenoxy) is 3. The van der Waals surface area contributed by atoms with Crippen molar-refractivity contribution < 1.29 is 28.6 Å². The van der Waals surface area contributed by atoms with Crippen molar-refractivity contribution >= 4 is 17.9 Å². The van der Waals surface area contributed by atoms with Crippen LogP contribution in [0.25, 0.3) is 0 Å². The molecule has 0 radical (unpaired) electrons. The number of hydrogen-bond acceptors (Lipinski definition) is 6. The number of carbonyl (C=O) groups excluding carboxylic acids is 3. The summed E-state index contributed by atoms with van der Waals surface area (Å²) in [6.45, 7) is 6.53. The highest BCUT2D eigenvalue weighted by molar-refractivity contribution is 5.71. The number of carbonyl (C=O) groups is 3. The molecule has 79 heavy (non-hydrogen) atoms. The smallest absolute Gasteiger partial charge is 0.306 e. The van der Waals surface area contributed by atoms with Crippen LogP contribution in [0.4, 0.5) is 0 Å². The van der Waals surface area contributed by atoms with E-state index in [1.807, 2.05) is 0 Å². The molecule has 0 bridgehead atoms. The number of esters is 3. The third-order valence-electron chi connectivity index (χ3n) is 14.6. The van der Waals surface area contributed by atoms with Crippen molar-refractivity contribution in [3.05, 3.63) is 97.2 Å². The second-order valence-corrected chi connectivity index (χ2v) is 22.4. The third-order valence-corrected chi connectivity index (χ3v) is 14.6. The van der Waals surface area contributed by atoms with E-state index in [9.17, 15) is 14.4 Å². The monoisotopic (exact) mass is 1100 g/mol. The Morgan fingerprint density at radius 3 is 0.772 bits per heavy atom. The van der Waals surface area contributed by atoms with Gasteiger partial charge < -0.3 is 14.2 Å². The van der Waals surface area contributed by atoms with Gasteiger partial charge in [0.25, 0.3) is 0 Å². The molecule has 0 saturated carbocycles. The van der Waals surface area contributed by atoms with E-state index in [-0.39, 0.29) is 31.1 Å². The lowest BCUT2D eigenvalue weighted by atomic mass is 10.0. The fourth-order valence-electron chi connectivity index (χ4n) is 9.58. The van der Waals surface area contributed by atoms with Crippen molar-refractivity contribution in [1.82, 2.24) is 0 Å². The molecule has 0 aromatic heterocycles. The van der Waals surface area contributed by atoms with Gasteiger partial charge in [0, 0.05) is 19.3 Å². The van der Waals surface area contributed by atoms with Crippen LogP contribution >= 0.6 is 0 Å². The summed E-state index contributed by atoms with van der Waals surface area (Å²) in [5, 5.41) is 0. The van der Waals surface area contributed by atoms with Crippen LogP contribution in [0.5, 0.6) is 0 Å². The zero-order valence-corrected chi connectivity index (χ0v) is 52.1. The van der Waals surface area contributed by atoms with E-state index in [1.165, 1.54) is 180 Å². The van der Waals surface area contributed by atoms with Crippen LogP contribution in [0.2, 0.25) is 0 Å². The quantitative estimate of drug-likeness (QED) is 0.0261. The molecule has 0 spiro atoms. The topological polar surface area (TPSA) is 78.9 Å². The highest BCUT2D eigenvalue weighted by Crippen LogP contribution is 2.17. The Morgan fingerprint density at radius 1 is 0.266 bits per heavy atom. The minimum absolute atomic E-state index is 0.0871.